The summed E-state index contributed by atoms with van der Waals surface area (Å²) in [4.78, 5) is 3.99. The van der Waals surface area contributed by atoms with Crippen molar-refractivity contribution in [3.05, 3.63) is 64.5 Å². The summed E-state index contributed by atoms with van der Waals surface area (Å²) in [5.41, 5.74) is 1.87. The van der Waals surface area contributed by atoms with Gasteiger partial charge in [-0.3, -0.25) is 0 Å². The lowest BCUT2D eigenvalue weighted by molar-refractivity contribution is 0.583. The molecule has 0 radical (unpaired) electrons. The van der Waals surface area contributed by atoms with Crippen LogP contribution < -0.4 is 4.72 Å². The molecule has 1 N–H and O–H groups in total. The molecule has 0 saturated carbocycles. The van der Waals surface area contributed by atoms with E-state index < -0.39 is 10.0 Å². The molecular formula is C14H12BrN3O2S2. The summed E-state index contributed by atoms with van der Waals surface area (Å²) in [5, 5.41) is 0. The van der Waals surface area contributed by atoms with Gasteiger partial charge in [-0.1, -0.05) is 12.1 Å². The molecule has 22 heavy (non-hydrogen) atoms. The van der Waals surface area contributed by atoms with Gasteiger partial charge in [-0.25, -0.2) is 18.1 Å². The van der Waals surface area contributed by atoms with Crippen molar-refractivity contribution < 1.29 is 8.42 Å². The van der Waals surface area contributed by atoms with Crippen LogP contribution in [0.3, 0.4) is 0 Å². The largest absolute Gasteiger partial charge is 0.306 e. The van der Waals surface area contributed by atoms with Crippen molar-refractivity contribution in [2.45, 2.75) is 10.8 Å². The second kappa shape index (κ2) is 6.33. The number of benzene rings is 1. The molecule has 0 atom stereocenters. The number of rotatable bonds is 5. The van der Waals surface area contributed by atoms with Crippen molar-refractivity contribution in [3.63, 3.8) is 0 Å². The van der Waals surface area contributed by atoms with Gasteiger partial charge in [0.25, 0.3) is 0 Å². The second-order valence-electron chi connectivity index (χ2n) is 4.52. The number of hydrogen-bond acceptors (Lipinski definition) is 4. The second-order valence-corrected chi connectivity index (χ2v) is 8.98. The minimum Gasteiger partial charge on any atom is -0.306 e. The van der Waals surface area contributed by atoms with Gasteiger partial charge in [0, 0.05) is 24.6 Å². The van der Waals surface area contributed by atoms with E-state index in [4.69, 9.17) is 0 Å². The van der Waals surface area contributed by atoms with E-state index in [0.29, 0.717) is 4.21 Å². The number of hydrogen-bond donors (Lipinski definition) is 1. The van der Waals surface area contributed by atoms with Gasteiger partial charge < -0.3 is 4.57 Å². The molecule has 0 aliphatic rings. The van der Waals surface area contributed by atoms with Crippen LogP contribution in [0.25, 0.3) is 5.69 Å². The minimum absolute atomic E-state index is 0.252. The van der Waals surface area contributed by atoms with Crippen LogP contribution in [0.4, 0.5) is 0 Å². The van der Waals surface area contributed by atoms with E-state index in [1.54, 1.807) is 24.7 Å². The van der Waals surface area contributed by atoms with Gasteiger partial charge >= 0.3 is 0 Å². The average molecular weight is 398 g/mol. The molecule has 1 aromatic carbocycles. The maximum atomic E-state index is 12.1. The third-order valence-electron chi connectivity index (χ3n) is 3.02. The van der Waals surface area contributed by atoms with Gasteiger partial charge in [0.1, 0.15) is 4.21 Å². The van der Waals surface area contributed by atoms with Gasteiger partial charge in [-0.2, -0.15) is 0 Å². The van der Waals surface area contributed by atoms with Crippen molar-refractivity contribution in [2.75, 3.05) is 0 Å². The number of halogens is 1. The SMILES string of the molecule is O=S(=O)(NCc1ccc(-n2ccnc2)cc1)c1ccc(Br)s1. The van der Waals surface area contributed by atoms with E-state index >= 15 is 0 Å². The molecule has 0 spiro atoms. The monoisotopic (exact) mass is 397 g/mol. The summed E-state index contributed by atoms with van der Waals surface area (Å²) >= 11 is 4.45. The van der Waals surface area contributed by atoms with E-state index in [1.165, 1.54) is 11.3 Å². The number of sulfonamides is 1. The molecule has 0 amide bonds. The predicted molar refractivity (Wildman–Crippen MR) is 89.6 cm³/mol. The molecule has 3 rings (SSSR count). The Kier molecular flexibility index (Phi) is 4.44. The highest BCUT2D eigenvalue weighted by Gasteiger charge is 2.15. The first-order chi connectivity index (χ1) is 10.5. The zero-order valence-corrected chi connectivity index (χ0v) is 14.5. The molecule has 0 fully saturated rings. The Bertz CT molecular complexity index is 856. The minimum atomic E-state index is -3.47. The molecular weight excluding hydrogens is 386 g/mol. The zero-order valence-electron chi connectivity index (χ0n) is 11.3. The molecule has 0 bridgehead atoms. The number of aromatic nitrogens is 2. The lowest BCUT2D eigenvalue weighted by Gasteiger charge is -2.06. The number of nitrogens with zero attached hydrogens (tertiary/aromatic N) is 2. The third-order valence-corrected chi connectivity index (χ3v) is 6.54. The molecule has 0 aliphatic heterocycles. The van der Waals surface area contributed by atoms with Crippen molar-refractivity contribution in [2.24, 2.45) is 0 Å². The normalized spacial score (nSPS) is 11.7. The van der Waals surface area contributed by atoms with Crippen LogP contribution in [-0.4, -0.2) is 18.0 Å². The first-order valence-electron chi connectivity index (χ1n) is 6.37. The summed E-state index contributed by atoms with van der Waals surface area (Å²) in [6, 6.07) is 10.9. The molecule has 114 valence electrons. The quantitative estimate of drug-likeness (QED) is 0.718. The topological polar surface area (TPSA) is 64.0 Å². The summed E-state index contributed by atoms with van der Waals surface area (Å²) in [7, 11) is -3.47. The zero-order chi connectivity index (χ0) is 15.6. The van der Waals surface area contributed by atoms with Crippen LogP contribution in [0.2, 0.25) is 0 Å². The van der Waals surface area contributed by atoms with Crippen LogP contribution >= 0.6 is 27.3 Å². The summed E-state index contributed by atoms with van der Waals surface area (Å²) in [6.45, 7) is 0.252. The highest BCUT2D eigenvalue weighted by Crippen LogP contribution is 2.25. The van der Waals surface area contributed by atoms with E-state index in [0.717, 1.165) is 15.0 Å². The molecule has 0 aliphatic carbocycles. The molecule has 8 heteroatoms. The Morgan fingerprint density at radius 2 is 1.95 bits per heavy atom. The summed E-state index contributed by atoms with van der Waals surface area (Å²) in [6.07, 6.45) is 5.28. The van der Waals surface area contributed by atoms with Crippen molar-refractivity contribution >= 4 is 37.3 Å². The number of imidazole rings is 1. The van der Waals surface area contributed by atoms with Gasteiger partial charge in [-0.05, 0) is 45.8 Å². The Morgan fingerprint density at radius 1 is 1.18 bits per heavy atom. The highest BCUT2D eigenvalue weighted by atomic mass is 79.9. The van der Waals surface area contributed by atoms with E-state index in [2.05, 4.69) is 25.6 Å². The van der Waals surface area contributed by atoms with Gasteiger partial charge in [0.15, 0.2) is 0 Å². The van der Waals surface area contributed by atoms with E-state index in [-0.39, 0.29) is 6.54 Å². The van der Waals surface area contributed by atoms with Gasteiger partial charge in [0.2, 0.25) is 10.0 Å². The summed E-state index contributed by atoms with van der Waals surface area (Å²) < 4.78 is 29.9. The predicted octanol–water partition coefficient (Wildman–Crippen LogP) is 3.17. The first-order valence-corrected chi connectivity index (χ1v) is 9.46. The standard InChI is InChI=1S/C14H12BrN3O2S2/c15-13-5-6-14(21-13)22(19,20)17-9-11-1-3-12(4-2-11)18-8-7-16-10-18/h1-8,10,17H,9H2. The fourth-order valence-electron chi connectivity index (χ4n) is 1.89. The third kappa shape index (κ3) is 3.46. The maximum absolute atomic E-state index is 12.1. The van der Waals surface area contributed by atoms with Crippen LogP contribution in [0.1, 0.15) is 5.56 Å². The smallest absolute Gasteiger partial charge is 0.250 e. The Hall–Kier alpha value is -1.48. The van der Waals surface area contributed by atoms with Crippen LogP contribution in [0, 0.1) is 0 Å². The molecule has 3 aromatic rings. The maximum Gasteiger partial charge on any atom is 0.250 e. The molecule has 2 heterocycles. The Balaban J connectivity index is 1.69. The van der Waals surface area contributed by atoms with E-state index in [9.17, 15) is 8.42 Å². The first kappa shape index (κ1) is 15.4. The highest BCUT2D eigenvalue weighted by molar-refractivity contribution is 9.11. The van der Waals surface area contributed by atoms with Crippen molar-refractivity contribution in [3.8, 4) is 5.69 Å². The number of thiophene rings is 1. The lowest BCUT2D eigenvalue weighted by atomic mass is 10.2. The molecule has 0 saturated heterocycles. The lowest BCUT2D eigenvalue weighted by Crippen LogP contribution is -2.22. The molecule has 5 nitrogen and oxygen atoms in total. The Morgan fingerprint density at radius 3 is 2.55 bits per heavy atom. The Labute approximate surface area is 140 Å². The van der Waals surface area contributed by atoms with Gasteiger partial charge in [0.05, 0.1) is 10.1 Å². The van der Waals surface area contributed by atoms with Crippen molar-refractivity contribution in [1.82, 2.24) is 14.3 Å². The van der Waals surface area contributed by atoms with E-state index in [1.807, 2.05) is 35.0 Å². The van der Waals surface area contributed by atoms with Crippen molar-refractivity contribution in [1.29, 1.82) is 0 Å². The number of nitrogens with one attached hydrogen (secondary N) is 1. The van der Waals surface area contributed by atoms with Crippen LogP contribution in [0.5, 0.6) is 0 Å². The van der Waals surface area contributed by atoms with Crippen LogP contribution in [-0.2, 0) is 16.6 Å². The average Bonchev–Trinajstić information content (AvgIpc) is 3.17. The summed E-state index contributed by atoms with van der Waals surface area (Å²) in [5.74, 6) is 0. The molecule has 2 aromatic heterocycles. The fraction of sp³-hybridized carbons (Fsp3) is 0.0714. The van der Waals surface area contributed by atoms with Gasteiger partial charge in [-0.15, -0.1) is 11.3 Å². The molecule has 0 unspecified atom stereocenters. The van der Waals surface area contributed by atoms with Crippen LogP contribution in [0.15, 0.2) is 63.1 Å². The fourth-order valence-corrected chi connectivity index (χ4v) is 4.96.